The molecule has 0 N–H and O–H groups in total. The van der Waals surface area contributed by atoms with Gasteiger partial charge in [-0.1, -0.05) is 0 Å². The van der Waals surface area contributed by atoms with E-state index < -0.39 is 30.6 Å². The van der Waals surface area contributed by atoms with Crippen LogP contribution in [0.1, 0.15) is 6.42 Å². The Labute approximate surface area is 136 Å². The molecule has 0 saturated carbocycles. The lowest BCUT2D eigenvalue weighted by molar-refractivity contribution is -0.166. The normalized spacial score (nSPS) is 23.4. The van der Waals surface area contributed by atoms with Crippen LogP contribution in [0.4, 0.5) is 18.9 Å². The first kappa shape index (κ1) is 16.7. The largest absolute Gasteiger partial charge is 0.406 e. The number of carbonyl (C=O) groups is 2. The van der Waals surface area contributed by atoms with E-state index in [2.05, 4.69) is 10.00 Å². The quantitative estimate of drug-likeness (QED) is 0.734. The number of aromatic nitrogens is 2. The SMILES string of the molecule is Cn1cc(N2CCN([C@H]3CC(=O)N(CC(F)(F)F)C3=O)CC2)cn1. The van der Waals surface area contributed by atoms with Crippen LogP contribution in [-0.2, 0) is 16.6 Å². The maximum atomic E-state index is 12.5. The molecule has 0 aromatic carbocycles. The molecule has 132 valence electrons. The summed E-state index contributed by atoms with van der Waals surface area (Å²) in [6, 6.07) is -0.782. The van der Waals surface area contributed by atoms with E-state index in [-0.39, 0.29) is 6.42 Å². The lowest BCUT2D eigenvalue weighted by atomic mass is 10.1. The van der Waals surface area contributed by atoms with Gasteiger partial charge in [-0.2, -0.15) is 18.3 Å². The number of alkyl halides is 3. The number of rotatable bonds is 3. The minimum Gasteiger partial charge on any atom is -0.366 e. The molecule has 3 heterocycles. The van der Waals surface area contributed by atoms with Gasteiger partial charge in [0.2, 0.25) is 11.8 Å². The van der Waals surface area contributed by atoms with Crippen LogP contribution in [0.3, 0.4) is 0 Å². The van der Waals surface area contributed by atoms with E-state index in [0.29, 0.717) is 31.1 Å². The molecule has 1 aromatic rings. The van der Waals surface area contributed by atoms with Gasteiger partial charge >= 0.3 is 6.18 Å². The average Bonchev–Trinajstić information content (AvgIpc) is 3.05. The third kappa shape index (κ3) is 3.37. The van der Waals surface area contributed by atoms with Gasteiger partial charge in [0.25, 0.3) is 0 Å². The van der Waals surface area contributed by atoms with Gasteiger partial charge in [0, 0.05) is 39.4 Å². The van der Waals surface area contributed by atoms with Crippen LogP contribution in [0, 0.1) is 0 Å². The Morgan fingerprint density at radius 1 is 1.21 bits per heavy atom. The fraction of sp³-hybridized carbons (Fsp3) is 0.643. The predicted octanol–water partition coefficient (Wildman–Crippen LogP) is 0.232. The molecule has 2 saturated heterocycles. The molecule has 2 aliphatic heterocycles. The molecule has 0 aliphatic carbocycles. The highest BCUT2D eigenvalue weighted by molar-refractivity contribution is 6.05. The van der Waals surface area contributed by atoms with Crippen molar-refractivity contribution in [1.82, 2.24) is 19.6 Å². The van der Waals surface area contributed by atoms with Crippen molar-refractivity contribution in [2.45, 2.75) is 18.6 Å². The highest BCUT2D eigenvalue weighted by Crippen LogP contribution is 2.25. The molecule has 0 spiro atoms. The van der Waals surface area contributed by atoms with Crippen LogP contribution in [0.2, 0.25) is 0 Å². The highest BCUT2D eigenvalue weighted by atomic mass is 19.4. The zero-order valence-electron chi connectivity index (χ0n) is 13.2. The molecule has 0 unspecified atom stereocenters. The number of halogens is 3. The van der Waals surface area contributed by atoms with E-state index in [1.807, 2.05) is 13.2 Å². The summed E-state index contributed by atoms with van der Waals surface area (Å²) >= 11 is 0. The van der Waals surface area contributed by atoms with Crippen molar-refractivity contribution in [2.75, 3.05) is 37.6 Å². The van der Waals surface area contributed by atoms with Crippen molar-refractivity contribution >= 4 is 17.5 Å². The van der Waals surface area contributed by atoms with Crippen LogP contribution < -0.4 is 4.90 Å². The molecule has 7 nitrogen and oxygen atoms in total. The first-order chi connectivity index (χ1) is 11.2. The summed E-state index contributed by atoms with van der Waals surface area (Å²) in [5, 5.41) is 4.10. The maximum Gasteiger partial charge on any atom is 0.406 e. The Hall–Kier alpha value is -2.10. The Kier molecular flexibility index (Phi) is 4.24. The van der Waals surface area contributed by atoms with E-state index in [9.17, 15) is 22.8 Å². The molecular weight excluding hydrogens is 327 g/mol. The van der Waals surface area contributed by atoms with Crippen LogP contribution >= 0.6 is 0 Å². The smallest absolute Gasteiger partial charge is 0.366 e. The van der Waals surface area contributed by atoms with Crippen LogP contribution in [-0.4, -0.2) is 76.3 Å². The van der Waals surface area contributed by atoms with Gasteiger partial charge in [0.15, 0.2) is 0 Å². The van der Waals surface area contributed by atoms with Gasteiger partial charge in [-0.25, -0.2) is 0 Å². The van der Waals surface area contributed by atoms with Gasteiger partial charge in [-0.3, -0.25) is 24.1 Å². The Morgan fingerprint density at radius 3 is 2.42 bits per heavy atom. The first-order valence-electron chi connectivity index (χ1n) is 7.63. The van der Waals surface area contributed by atoms with E-state index in [1.54, 1.807) is 15.8 Å². The Morgan fingerprint density at radius 2 is 1.88 bits per heavy atom. The number of aryl methyl sites for hydroxylation is 1. The molecule has 3 rings (SSSR count). The van der Waals surface area contributed by atoms with E-state index in [1.165, 1.54) is 0 Å². The Bertz CT molecular complexity index is 637. The van der Waals surface area contributed by atoms with Crippen molar-refractivity contribution in [3.63, 3.8) is 0 Å². The van der Waals surface area contributed by atoms with E-state index >= 15 is 0 Å². The van der Waals surface area contributed by atoms with Crippen molar-refractivity contribution in [1.29, 1.82) is 0 Å². The summed E-state index contributed by atoms with van der Waals surface area (Å²) in [4.78, 5) is 28.2. The summed E-state index contributed by atoms with van der Waals surface area (Å²) in [7, 11) is 1.82. The monoisotopic (exact) mass is 345 g/mol. The summed E-state index contributed by atoms with van der Waals surface area (Å²) in [5.74, 6) is -1.50. The van der Waals surface area contributed by atoms with Gasteiger partial charge < -0.3 is 4.90 Å². The summed E-state index contributed by atoms with van der Waals surface area (Å²) in [6.45, 7) is 0.777. The first-order valence-corrected chi connectivity index (χ1v) is 7.63. The van der Waals surface area contributed by atoms with Crippen LogP contribution in [0.15, 0.2) is 12.4 Å². The van der Waals surface area contributed by atoms with Crippen molar-refractivity contribution in [3.8, 4) is 0 Å². The molecule has 2 fully saturated rings. The summed E-state index contributed by atoms with van der Waals surface area (Å²) in [5.41, 5.74) is 0.963. The molecule has 2 amide bonds. The molecule has 10 heteroatoms. The molecule has 1 atom stereocenters. The number of piperazine rings is 1. The second kappa shape index (κ2) is 6.08. The lowest BCUT2D eigenvalue weighted by Crippen LogP contribution is -2.53. The van der Waals surface area contributed by atoms with Gasteiger partial charge in [-0.05, 0) is 0 Å². The van der Waals surface area contributed by atoms with Crippen molar-refractivity contribution in [2.24, 2.45) is 7.05 Å². The number of nitrogens with zero attached hydrogens (tertiary/aromatic N) is 5. The third-order valence-corrected chi connectivity index (χ3v) is 4.37. The second-order valence-electron chi connectivity index (χ2n) is 6.05. The van der Waals surface area contributed by atoms with E-state index in [4.69, 9.17) is 0 Å². The molecular formula is C14H18F3N5O2. The van der Waals surface area contributed by atoms with Crippen molar-refractivity contribution < 1.29 is 22.8 Å². The molecule has 0 bridgehead atoms. The number of carbonyl (C=O) groups excluding carboxylic acids is 2. The minimum absolute atomic E-state index is 0.179. The second-order valence-corrected chi connectivity index (χ2v) is 6.05. The summed E-state index contributed by atoms with van der Waals surface area (Å²) < 4.78 is 39.2. The number of hydrogen-bond donors (Lipinski definition) is 0. The molecule has 0 radical (unpaired) electrons. The number of anilines is 1. The van der Waals surface area contributed by atoms with Crippen molar-refractivity contribution in [3.05, 3.63) is 12.4 Å². The van der Waals surface area contributed by atoms with Gasteiger partial charge in [-0.15, -0.1) is 0 Å². The molecule has 2 aliphatic rings. The van der Waals surface area contributed by atoms with Gasteiger partial charge in [0.1, 0.15) is 6.54 Å². The van der Waals surface area contributed by atoms with Crippen LogP contribution in [0.25, 0.3) is 0 Å². The summed E-state index contributed by atoms with van der Waals surface area (Å²) in [6.07, 6.45) is -1.13. The number of hydrogen-bond acceptors (Lipinski definition) is 5. The highest BCUT2D eigenvalue weighted by Gasteiger charge is 2.46. The molecule has 24 heavy (non-hydrogen) atoms. The standard InChI is InChI=1S/C14H18F3N5O2/c1-19-8-10(7-18-19)20-2-4-21(5-3-20)11-6-12(23)22(13(11)24)9-14(15,16)17/h7-8,11H,2-6,9H2,1H3/t11-/m0/s1. The fourth-order valence-electron chi connectivity index (χ4n) is 3.16. The van der Waals surface area contributed by atoms with Crippen LogP contribution in [0.5, 0.6) is 0 Å². The lowest BCUT2D eigenvalue weighted by Gasteiger charge is -2.37. The fourth-order valence-corrected chi connectivity index (χ4v) is 3.16. The average molecular weight is 345 g/mol. The number of amides is 2. The number of imide groups is 1. The zero-order chi connectivity index (χ0) is 17.5. The minimum atomic E-state index is -4.57. The van der Waals surface area contributed by atoms with E-state index in [0.717, 1.165) is 5.69 Å². The Balaban J connectivity index is 1.60. The molecule has 1 aromatic heterocycles. The topological polar surface area (TPSA) is 61.7 Å². The zero-order valence-corrected chi connectivity index (χ0v) is 13.2. The van der Waals surface area contributed by atoms with Gasteiger partial charge in [0.05, 0.1) is 24.3 Å². The third-order valence-electron chi connectivity index (χ3n) is 4.37. The number of likely N-dealkylation sites (tertiary alicyclic amines) is 1. The maximum absolute atomic E-state index is 12.5. The predicted molar refractivity (Wildman–Crippen MR) is 78.2 cm³/mol.